The molecule has 0 atom stereocenters. The van der Waals surface area contributed by atoms with E-state index in [0.717, 1.165) is 18.9 Å². The molecule has 0 radical (unpaired) electrons. The highest BCUT2D eigenvalue weighted by atomic mass is 79.9. The summed E-state index contributed by atoms with van der Waals surface area (Å²) in [5.41, 5.74) is 1.08. The van der Waals surface area contributed by atoms with Crippen LogP contribution in [-0.4, -0.2) is 29.8 Å². The molecular weight excluding hydrogens is 351 g/mol. The van der Waals surface area contributed by atoms with E-state index in [1.165, 1.54) is 11.0 Å². The molecule has 3 nitrogen and oxygen atoms in total. The number of carboxylic acids is 1. The highest BCUT2D eigenvalue weighted by Crippen LogP contribution is 2.36. The van der Waals surface area contributed by atoms with Crippen LogP contribution in [0.4, 0.5) is 18.9 Å². The topological polar surface area (TPSA) is 40.5 Å². The van der Waals surface area contributed by atoms with Crippen molar-refractivity contribution in [3.8, 4) is 0 Å². The second-order valence-electron chi connectivity index (χ2n) is 4.85. The number of alkyl halides is 3. The molecule has 1 aliphatic rings. The summed E-state index contributed by atoms with van der Waals surface area (Å²) in [6.07, 6.45) is -0.366. The van der Waals surface area contributed by atoms with E-state index in [9.17, 15) is 18.0 Å². The van der Waals surface area contributed by atoms with Gasteiger partial charge in [0.2, 0.25) is 0 Å². The first-order chi connectivity index (χ1) is 9.76. The van der Waals surface area contributed by atoms with Crippen LogP contribution in [0.2, 0.25) is 0 Å². The van der Waals surface area contributed by atoms with Crippen LogP contribution in [0.5, 0.6) is 0 Å². The first kappa shape index (κ1) is 15.9. The lowest BCUT2D eigenvalue weighted by molar-refractivity contribution is -0.131. The summed E-state index contributed by atoms with van der Waals surface area (Å²) in [5, 5.41) is 8.58. The third-order valence-corrected chi connectivity index (χ3v) is 3.75. The van der Waals surface area contributed by atoms with Gasteiger partial charge in [0.05, 0.1) is 0 Å². The van der Waals surface area contributed by atoms with Crippen molar-refractivity contribution in [2.45, 2.75) is 25.1 Å². The zero-order valence-electron chi connectivity index (χ0n) is 10.9. The van der Waals surface area contributed by atoms with Gasteiger partial charge in [0.1, 0.15) is 6.54 Å². The first-order valence-corrected chi connectivity index (χ1v) is 7.09. The Hall–Kier alpha value is -1.50. The van der Waals surface area contributed by atoms with Gasteiger partial charge in [-0.25, -0.2) is 4.79 Å². The Morgan fingerprint density at radius 1 is 1.43 bits per heavy atom. The van der Waals surface area contributed by atoms with E-state index < -0.39 is 18.7 Å². The molecule has 1 saturated carbocycles. The Bertz CT molecular complexity index is 568. The van der Waals surface area contributed by atoms with E-state index in [2.05, 4.69) is 15.9 Å². The molecule has 0 unspecified atom stereocenters. The van der Waals surface area contributed by atoms with Crippen molar-refractivity contribution in [3.05, 3.63) is 34.3 Å². The van der Waals surface area contributed by atoms with Crippen LogP contribution in [0, 0.1) is 0 Å². The average Bonchev–Trinajstić information content (AvgIpc) is 3.17. The van der Waals surface area contributed by atoms with Crippen molar-refractivity contribution in [1.29, 1.82) is 0 Å². The average molecular weight is 364 g/mol. The van der Waals surface area contributed by atoms with E-state index >= 15 is 0 Å². The SMILES string of the molecule is O=C(O)/C=C/c1ccc(N(CC(F)(F)F)C2CC2)cc1Br. The fraction of sp³-hybridized carbons (Fsp3) is 0.357. The second kappa shape index (κ2) is 6.09. The molecule has 1 aliphatic carbocycles. The normalized spacial score (nSPS) is 15.4. The molecule has 0 aliphatic heterocycles. The van der Waals surface area contributed by atoms with E-state index in [-0.39, 0.29) is 6.04 Å². The molecule has 2 rings (SSSR count). The number of benzene rings is 1. The molecule has 0 spiro atoms. The lowest BCUT2D eigenvalue weighted by Crippen LogP contribution is -2.35. The molecule has 7 heteroatoms. The van der Waals surface area contributed by atoms with Crippen molar-refractivity contribution in [1.82, 2.24) is 0 Å². The predicted octanol–water partition coefficient (Wildman–Crippen LogP) is 4.08. The Balaban J connectivity index is 2.22. The Morgan fingerprint density at radius 2 is 2.10 bits per heavy atom. The minimum absolute atomic E-state index is 0.0704. The van der Waals surface area contributed by atoms with Gasteiger partial charge in [-0.2, -0.15) is 13.2 Å². The van der Waals surface area contributed by atoms with Gasteiger partial charge in [-0.3, -0.25) is 0 Å². The Labute approximate surface area is 128 Å². The van der Waals surface area contributed by atoms with Crippen LogP contribution in [0.1, 0.15) is 18.4 Å². The summed E-state index contributed by atoms with van der Waals surface area (Å²) in [6.45, 7) is -0.978. The summed E-state index contributed by atoms with van der Waals surface area (Å²) < 4.78 is 38.5. The fourth-order valence-electron chi connectivity index (χ4n) is 2.00. The van der Waals surface area contributed by atoms with Gasteiger partial charge in [-0.1, -0.05) is 22.0 Å². The van der Waals surface area contributed by atoms with Crippen LogP contribution < -0.4 is 4.90 Å². The zero-order valence-corrected chi connectivity index (χ0v) is 12.5. The van der Waals surface area contributed by atoms with Gasteiger partial charge < -0.3 is 10.0 Å². The molecule has 1 N–H and O–H groups in total. The minimum atomic E-state index is -4.25. The van der Waals surface area contributed by atoms with Crippen molar-refractivity contribution < 1.29 is 23.1 Å². The number of rotatable bonds is 5. The molecule has 21 heavy (non-hydrogen) atoms. The largest absolute Gasteiger partial charge is 0.478 e. The molecule has 0 saturated heterocycles. The number of anilines is 1. The number of halogens is 4. The van der Waals surface area contributed by atoms with Gasteiger partial charge in [-0.15, -0.1) is 0 Å². The summed E-state index contributed by atoms with van der Waals surface area (Å²) in [6, 6.07) is 4.70. The van der Waals surface area contributed by atoms with Crippen molar-refractivity contribution in [2.24, 2.45) is 0 Å². The highest BCUT2D eigenvalue weighted by Gasteiger charge is 2.38. The number of hydrogen-bond acceptors (Lipinski definition) is 2. The van der Waals surface area contributed by atoms with Crippen LogP contribution in [0.3, 0.4) is 0 Å². The molecule has 0 bridgehead atoms. The summed E-state index contributed by atoms with van der Waals surface area (Å²) in [5.74, 6) is -1.08. The molecule has 1 aromatic carbocycles. The first-order valence-electron chi connectivity index (χ1n) is 6.30. The number of aliphatic carboxylic acids is 1. The van der Waals surface area contributed by atoms with E-state index in [1.807, 2.05) is 0 Å². The lowest BCUT2D eigenvalue weighted by Gasteiger charge is -2.26. The van der Waals surface area contributed by atoms with Gasteiger partial charge in [-0.05, 0) is 36.6 Å². The Kier molecular flexibility index (Phi) is 4.61. The molecule has 0 aromatic heterocycles. The minimum Gasteiger partial charge on any atom is -0.478 e. The maximum atomic E-state index is 12.6. The lowest BCUT2D eigenvalue weighted by atomic mass is 10.1. The van der Waals surface area contributed by atoms with Gasteiger partial charge >= 0.3 is 12.1 Å². The standard InChI is InChI=1S/C14H13BrF3NO2/c15-12-7-11(3-1-9(12)2-6-13(20)21)19(10-4-5-10)8-14(16,17)18/h1-3,6-7,10H,4-5,8H2,(H,20,21)/b6-2+. The van der Waals surface area contributed by atoms with Gasteiger partial charge in [0.25, 0.3) is 0 Å². The molecule has 1 fully saturated rings. The highest BCUT2D eigenvalue weighted by molar-refractivity contribution is 9.10. The molecular formula is C14H13BrF3NO2. The molecule has 0 heterocycles. The third-order valence-electron chi connectivity index (χ3n) is 3.06. The second-order valence-corrected chi connectivity index (χ2v) is 5.71. The molecule has 1 aromatic rings. The van der Waals surface area contributed by atoms with E-state index in [1.54, 1.807) is 18.2 Å². The van der Waals surface area contributed by atoms with Gasteiger partial charge in [0.15, 0.2) is 0 Å². The molecule has 0 amide bonds. The van der Waals surface area contributed by atoms with E-state index in [4.69, 9.17) is 5.11 Å². The number of nitrogens with zero attached hydrogens (tertiary/aromatic N) is 1. The summed E-state index contributed by atoms with van der Waals surface area (Å²) in [7, 11) is 0. The van der Waals surface area contributed by atoms with E-state index in [0.29, 0.717) is 15.7 Å². The van der Waals surface area contributed by atoms with Gasteiger partial charge in [0, 0.05) is 22.3 Å². The van der Waals surface area contributed by atoms with Crippen LogP contribution in [0.15, 0.2) is 28.7 Å². The smallest absolute Gasteiger partial charge is 0.405 e. The van der Waals surface area contributed by atoms with Crippen LogP contribution in [0.25, 0.3) is 6.08 Å². The fourth-order valence-corrected chi connectivity index (χ4v) is 2.50. The van der Waals surface area contributed by atoms with Crippen LogP contribution in [-0.2, 0) is 4.79 Å². The van der Waals surface area contributed by atoms with Crippen molar-refractivity contribution >= 4 is 33.7 Å². The zero-order chi connectivity index (χ0) is 15.6. The number of hydrogen-bond donors (Lipinski definition) is 1. The maximum absolute atomic E-state index is 12.6. The molecule has 114 valence electrons. The predicted molar refractivity (Wildman–Crippen MR) is 77.2 cm³/mol. The van der Waals surface area contributed by atoms with Crippen LogP contribution >= 0.6 is 15.9 Å². The van der Waals surface area contributed by atoms with Crippen molar-refractivity contribution in [3.63, 3.8) is 0 Å². The maximum Gasteiger partial charge on any atom is 0.405 e. The Morgan fingerprint density at radius 3 is 2.57 bits per heavy atom. The number of carboxylic acid groups (broad SMARTS) is 1. The third kappa shape index (κ3) is 4.77. The summed E-state index contributed by atoms with van der Waals surface area (Å²) in [4.78, 5) is 11.8. The van der Waals surface area contributed by atoms with Crippen molar-refractivity contribution in [2.75, 3.05) is 11.4 Å². The quantitative estimate of drug-likeness (QED) is 0.801. The summed E-state index contributed by atoms with van der Waals surface area (Å²) >= 11 is 3.26. The number of carbonyl (C=O) groups is 1. The monoisotopic (exact) mass is 363 g/mol.